The normalized spacial score (nSPS) is 9.77. The predicted molar refractivity (Wildman–Crippen MR) is 101 cm³/mol. The zero-order valence-corrected chi connectivity index (χ0v) is 18.2. The molecule has 1 aromatic rings. The van der Waals surface area contributed by atoms with Gasteiger partial charge in [0.15, 0.2) is 0 Å². The Morgan fingerprint density at radius 1 is 1.09 bits per heavy atom. The Morgan fingerprint density at radius 2 is 1.64 bits per heavy atom. The number of aromatic hydroxyl groups is 1. The molecule has 22 heavy (non-hydrogen) atoms. The van der Waals surface area contributed by atoms with Crippen LogP contribution < -0.4 is 0 Å². The van der Waals surface area contributed by atoms with Gasteiger partial charge in [-0.05, 0) is 23.1 Å². The topological polar surface area (TPSA) is 20.2 Å². The first-order chi connectivity index (χ1) is 7.50. The summed E-state index contributed by atoms with van der Waals surface area (Å²) in [6, 6.07) is 7.39. The maximum atomic E-state index is 9.18. The molecule has 0 heterocycles. The van der Waals surface area contributed by atoms with Crippen LogP contribution in [-0.2, 0) is 27.1 Å². The minimum Gasteiger partial charge on any atom is -0.508 e. The van der Waals surface area contributed by atoms with Crippen LogP contribution in [0.2, 0.25) is 0 Å². The minimum absolute atomic E-state index is 0. The van der Waals surface area contributed by atoms with E-state index in [-0.39, 0.29) is 77.8 Å². The van der Waals surface area contributed by atoms with Gasteiger partial charge in [-0.25, -0.2) is 12.2 Å². The summed E-state index contributed by atoms with van der Waals surface area (Å²) >= 11 is 0. The number of phenolic OH excluding ortho intramolecular Hbond substituents is 1. The van der Waals surface area contributed by atoms with Crippen LogP contribution in [0, 0.1) is 20.9 Å². The Labute approximate surface area is 169 Å². The third-order valence-corrected chi connectivity index (χ3v) is 2.30. The maximum absolute atomic E-state index is 9.18. The second-order valence-electron chi connectivity index (χ2n) is 4.80. The van der Waals surface area contributed by atoms with Crippen molar-refractivity contribution >= 4 is 35.8 Å². The summed E-state index contributed by atoms with van der Waals surface area (Å²) in [5.74, 6) is 0.345. The van der Waals surface area contributed by atoms with Gasteiger partial charge in [0.05, 0.1) is 0 Å². The van der Waals surface area contributed by atoms with Gasteiger partial charge >= 0.3 is 21.7 Å². The molecule has 0 unspecified atom stereocenters. The van der Waals surface area contributed by atoms with E-state index in [9.17, 15) is 5.11 Å². The van der Waals surface area contributed by atoms with Crippen molar-refractivity contribution in [1.82, 2.24) is 0 Å². The average molecular weight is 394 g/mol. The second kappa shape index (κ2) is 19.1. The molecule has 123 valence electrons. The molecule has 5 radical (unpaired) electrons. The summed E-state index contributed by atoms with van der Waals surface area (Å²) in [6.07, 6.45) is 10.0. The van der Waals surface area contributed by atoms with Crippen LogP contribution in [0.5, 0.6) is 5.75 Å². The van der Waals surface area contributed by atoms with Crippen molar-refractivity contribution in [3.05, 3.63) is 69.0 Å². The maximum Gasteiger partial charge on any atom is 3.00 e. The molecule has 0 atom stereocenters. The van der Waals surface area contributed by atoms with E-state index in [1.165, 1.54) is 0 Å². The molecule has 1 nitrogen and oxygen atoms in total. The van der Waals surface area contributed by atoms with Gasteiger partial charge in [0.25, 0.3) is 0 Å². The monoisotopic (exact) mass is 393 g/mol. The Hall–Kier alpha value is 0.0112. The van der Waals surface area contributed by atoms with E-state index in [1.54, 1.807) is 12.1 Å². The molecule has 0 amide bonds. The molecular weight excluding hydrogens is 367 g/mol. The summed E-state index contributed by atoms with van der Waals surface area (Å²) < 4.78 is 0. The second-order valence-corrected chi connectivity index (χ2v) is 4.80. The molecule has 0 spiro atoms. The number of phenols is 1. The van der Waals surface area contributed by atoms with E-state index in [4.69, 9.17) is 0 Å². The van der Waals surface area contributed by atoms with Gasteiger partial charge in [-0.3, -0.25) is 6.08 Å². The third-order valence-electron chi connectivity index (χ3n) is 2.30. The molecule has 1 aliphatic carbocycles. The summed E-state index contributed by atoms with van der Waals surface area (Å²) in [4.78, 5) is 0. The number of benzene rings is 1. The third kappa shape index (κ3) is 16.4. The Bertz CT molecular complexity index is 392. The Morgan fingerprint density at radius 3 is 1.86 bits per heavy atom. The molecule has 0 bridgehead atoms. The van der Waals surface area contributed by atoms with E-state index in [0.717, 1.165) is 12.0 Å². The quantitative estimate of drug-likeness (QED) is 0.464. The van der Waals surface area contributed by atoms with Crippen molar-refractivity contribution in [2.45, 2.75) is 32.6 Å². The van der Waals surface area contributed by atoms with Gasteiger partial charge in [-0.1, -0.05) is 32.9 Å². The molecule has 0 aromatic heterocycles. The Balaban J connectivity index is -0.0000000518. The van der Waals surface area contributed by atoms with Crippen LogP contribution in [0.4, 0.5) is 0 Å². The van der Waals surface area contributed by atoms with Gasteiger partial charge in [-0.2, -0.15) is 6.08 Å². The average Bonchev–Trinajstić information content (AvgIpc) is 2.74. The van der Waals surface area contributed by atoms with Gasteiger partial charge in [0.1, 0.15) is 5.75 Å². The van der Waals surface area contributed by atoms with E-state index < -0.39 is 0 Å². The molecule has 2 rings (SSSR count). The van der Waals surface area contributed by atoms with Gasteiger partial charge in [0.2, 0.25) is 0 Å². The van der Waals surface area contributed by atoms with Crippen molar-refractivity contribution in [2.24, 2.45) is 0 Å². The largest absolute Gasteiger partial charge is 3.00 e. The van der Waals surface area contributed by atoms with E-state index >= 15 is 0 Å². The molecule has 0 fully saturated rings. The van der Waals surface area contributed by atoms with Gasteiger partial charge < -0.3 is 20.0 Å². The molecule has 0 aliphatic heterocycles. The van der Waals surface area contributed by atoms with Crippen molar-refractivity contribution in [3.8, 4) is 5.75 Å². The summed E-state index contributed by atoms with van der Waals surface area (Å²) in [6.45, 7) is 6.38. The van der Waals surface area contributed by atoms with Crippen LogP contribution in [-0.4, -0.2) is 16.1 Å². The summed E-state index contributed by atoms with van der Waals surface area (Å²) in [7, 11) is 0. The number of allylic oxidation sites excluding steroid dienone is 4. The van der Waals surface area contributed by atoms with Crippen molar-refractivity contribution < 1.29 is 26.8 Å². The number of hydrogen-bond acceptors (Lipinski definition) is 1. The van der Waals surface area contributed by atoms with E-state index in [1.807, 2.05) is 24.3 Å². The van der Waals surface area contributed by atoms with E-state index in [2.05, 4.69) is 32.9 Å². The summed E-state index contributed by atoms with van der Waals surface area (Å²) in [5.41, 5.74) is 1.29. The number of halogens is 2. The van der Waals surface area contributed by atoms with Crippen molar-refractivity contribution in [3.63, 3.8) is 0 Å². The minimum atomic E-state index is 0. The van der Waals surface area contributed by atoms with E-state index in [0.29, 0.717) is 5.75 Å². The summed E-state index contributed by atoms with van der Waals surface area (Å²) in [5, 5.41) is 9.18. The zero-order chi connectivity index (χ0) is 12.0. The van der Waals surface area contributed by atoms with Crippen molar-refractivity contribution in [1.29, 1.82) is 0 Å². The van der Waals surface area contributed by atoms with Crippen LogP contribution >= 0.6 is 24.8 Å². The molecule has 1 N–H and O–H groups in total. The fraction of sp³-hybridized carbons (Fsp3) is 0.294. The number of hydrogen-bond donors (Lipinski definition) is 1. The molecular formula is C17H27Cl2OSiTi. The first-order valence-corrected chi connectivity index (χ1v) is 5.51. The fourth-order valence-corrected chi connectivity index (χ4v) is 1.31. The standard InChI is InChI=1S/C10H14O.C5H5.2CH3.2ClH.Si.Ti/c1-10(2,3)8-5-4-6-9(11)7-8;1-2-4-5-3-1;;;;;;/h4-7,11H,1-3H3;1-3H,4H2;2*1H3;2*1H;;/q;3*-1;;;;+3. The van der Waals surface area contributed by atoms with Crippen LogP contribution in [0.1, 0.15) is 32.8 Å². The molecule has 5 heteroatoms. The first-order valence-electron chi connectivity index (χ1n) is 5.51. The van der Waals surface area contributed by atoms with Crippen LogP contribution in [0.25, 0.3) is 0 Å². The van der Waals surface area contributed by atoms with Crippen molar-refractivity contribution in [2.75, 3.05) is 0 Å². The molecule has 0 saturated carbocycles. The van der Waals surface area contributed by atoms with Crippen LogP contribution in [0.3, 0.4) is 0 Å². The van der Waals surface area contributed by atoms with Crippen LogP contribution in [0.15, 0.2) is 42.5 Å². The first kappa shape index (κ1) is 37.9. The molecule has 0 saturated heterocycles. The zero-order valence-electron chi connectivity index (χ0n) is 14.0. The number of rotatable bonds is 0. The Kier molecular flexibility index (Phi) is 32.8. The smallest absolute Gasteiger partial charge is 0.508 e. The van der Waals surface area contributed by atoms with Gasteiger partial charge in [0, 0.05) is 11.0 Å². The predicted octanol–water partition coefficient (Wildman–Crippen LogP) is 5.36. The SMILES string of the molecule is CC(C)(C)c1cccc(O)c1.Cl.Cl.[C-]1=CC=CC1.[CH3-].[CH3-].[Si].[Ti+3]. The van der Waals surface area contributed by atoms with Gasteiger partial charge in [-0.15, -0.1) is 31.2 Å². The molecule has 1 aromatic carbocycles. The fourth-order valence-electron chi connectivity index (χ4n) is 1.31. The molecule has 1 aliphatic rings.